The first-order valence-electron chi connectivity index (χ1n) is 6.45. The Bertz CT molecular complexity index is 309. The molecule has 4 heteroatoms. The highest BCUT2D eigenvalue weighted by atomic mass is 16.5. The quantitative estimate of drug-likeness (QED) is 0.751. The SMILES string of the molecule is CCCNC(COC(C)C)Cc1ccn(C)n1. The number of aryl methyl sites for hydroxylation is 1. The van der Waals surface area contributed by atoms with Crippen molar-refractivity contribution in [1.29, 1.82) is 0 Å². The van der Waals surface area contributed by atoms with E-state index in [9.17, 15) is 0 Å². The highest BCUT2D eigenvalue weighted by Crippen LogP contribution is 2.02. The van der Waals surface area contributed by atoms with Crippen molar-refractivity contribution in [3.8, 4) is 0 Å². The second-order valence-electron chi connectivity index (χ2n) is 4.72. The summed E-state index contributed by atoms with van der Waals surface area (Å²) in [5.74, 6) is 0. The molecular weight excluding hydrogens is 214 g/mol. The maximum atomic E-state index is 5.68. The molecule has 0 fully saturated rings. The van der Waals surface area contributed by atoms with Gasteiger partial charge in [-0.05, 0) is 32.9 Å². The van der Waals surface area contributed by atoms with Crippen LogP contribution in [0.4, 0.5) is 0 Å². The Hall–Kier alpha value is -0.870. The van der Waals surface area contributed by atoms with Crippen molar-refractivity contribution in [3.63, 3.8) is 0 Å². The smallest absolute Gasteiger partial charge is 0.0640 e. The summed E-state index contributed by atoms with van der Waals surface area (Å²) in [4.78, 5) is 0. The number of nitrogens with one attached hydrogen (secondary N) is 1. The molecule has 1 N–H and O–H groups in total. The molecule has 1 aromatic heterocycles. The van der Waals surface area contributed by atoms with Crippen molar-refractivity contribution in [3.05, 3.63) is 18.0 Å². The molecular formula is C13H25N3O. The monoisotopic (exact) mass is 239 g/mol. The second kappa shape index (κ2) is 7.45. The van der Waals surface area contributed by atoms with Gasteiger partial charge in [-0.15, -0.1) is 0 Å². The van der Waals surface area contributed by atoms with Crippen LogP contribution in [-0.4, -0.2) is 35.1 Å². The minimum absolute atomic E-state index is 0.282. The minimum atomic E-state index is 0.282. The van der Waals surface area contributed by atoms with Crippen LogP contribution in [0.1, 0.15) is 32.9 Å². The van der Waals surface area contributed by atoms with Crippen LogP contribution >= 0.6 is 0 Å². The number of ether oxygens (including phenoxy) is 1. The van der Waals surface area contributed by atoms with E-state index in [1.807, 2.05) is 17.9 Å². The predicted molar refractivity (Wildman–Crippen MR) is 70.1 cm³/mol. The van der Waals surface area contributed by atoms with Crippen molar-refractivity contribution in [1.82, 2.24) is 15.1 Å². The highest BCUT2D eigenvalue weighted by molar-refractivity contribution is 5.01. The summed E-state index contributed by atoms with van der Waals surface area (Å²) in [5.41, 5.74) is 1.12. The van der Waals surface area contributed by atoms with E-state index in [4.69, 9.17) is 4.74 Å². The lowest BCUT2D eigenvalue weighted by Gasteiger charge is -2.19. The number of rotatable bonds is 8. The lowest BCUT2D eigenvalue weighted by atomic mass is 10.1. The van der Waals surface area contributed by atoms with E-state index >= 15 is 0 Å². The van der Waals surface area contributed by atoms with Gasteiger partial charge in [0.25, 0.3) is 0 Å². The Morgan fingerprint density at radius 2 is 2.24 bits per heavy atom. The Morgan fingerprint density at radius 3 is 2.76 bits per heavy atom. The molecule has 0 spiro atoms. The molecule has 0 radical (unpaired) electrons. The molecule has 1 rings (SSSR count). The van der Waals surface area contributed by atoms with Crippen LogP contribution in [0, 0.1) is 0 Å². The average Bonchev–Trinajstić information content (AvgIpc) is 2.68. The molecule has 1 unspecified atom stereocenters. The minimum Gasteiger partial charge on any atom is -0.377 e. The zero-order valence-corrected chi connectivity index (χ0v) is 11.4. The van der Waals surface area contributed by atoms with Gasteiger partial charge in [0.2, 0.25) is 0 Å². The summed E-state index contributed by atoms with van der Waals surface area (Å²) in [6, 6.07) is 2.42. The van der Waals surface area contributed by atoms with Crippen LogP contribution in [0.2, 0.25) is 0 Å². The summed E-state index contributed by atoms with van der Waals surface area (Å²) in [6.45, 7) is 8.08. The third kappa shape index (κ3) is 5.84. The molecule has 98 valence electrons. The van der Waals surface area contributed by atoms with Crippen LogP contribution < -0.4 is 5.32 Å². The first-order valence-corrected chi connectivity index (χ1v) is 6.45. The Balaban J connectivity index is 2.44. The summed E-state index contributed by atoms with van der Waals surface area (Å²) < 4.78 is 7.53. The topological polar surface area (TPSA) is 39.1 Å². The van der Waals surface area contributed by atoms with Crippen LogP contribution in [0.5, 0.6) is 0 Å². The lowest BCUT2D eigenvalue weighted by Crippen LogP contribution is -2.37. The van der Waals surface area contributed by atoms with Gasteiger partial charge in [0.1, 0.15) is 0 Å². The standard InChI is InChI=1S/C13H25N3O/c1-5-7-14-13(10-17-11(2)3)9-12-6-8-16(4)15-12/h6,8,11,13-14H,5,7,9-10H2,1-4H3. The fourth-order valence-corrected chi connectivity index (χ4v) is 1.67. The molecule has 17 heavy (non-hydrogen) atoms. The van der Waals surface area contributed by atoms with Crippen LogP contribution in [0.25, 0.3) is 0 Å². The number of hydrogen-bond acceptors (Lipinski definition) is 3. The van der Waals surface area contributed by atoms with E-state index < -0.39 is 0 Å². The van der Waals surface area contributed by atoms with E-state index in [0.717, 1.165) is 31.7 Å². The zero-order chi connectivity index (χ0) is 12.7. The van der Waals surface area contributed by atoms with Crippen molar-refractivity contribution in [2.24, 2.45) is 7.05 Å². The third-order valence-corrected chi connectivity index (χ3v) is 2.54. The Morgan fingerprint density at radius 1 is 1.47 bits per heavy atom. The third-order valence-electron chi connectivity index (χ3n) is 2.54. The van der Waals surface area contributed by atoms with Gasteiger partial charge in [-0.1, -0.05) is 6.92 Å². The molecule has 0 aliphatic carbocycles. The Kier molecular flexibility index (Phi) is 6.22. The largest absolute Gasteiger partial charge is 0.377 e. The van der Waals surface area contributed by atoms with Gasteiger partial charge in [0.05, 0.1) is 18.4 Å². The number of hydrogen-bond donors (Lipinski definition) is 1. The molecule has 0 amide bonds. The van der Waals surface area contributed by atoms with Crippen LogP contribution in [0.3, 0.4) is 0 Å². The predicted octanol–water partition coefficient (Wildman–Crippen LogP) is 1.76. The van der Waals surface area contributed by atoms with Gasteiger partial charge in [-0.25, -0.2) is 0 Å². The summed E-state index contributed by atoms with van der Waals surface area (Å²) >= 11 is 0. The fourth-order valence-electron chi connectivity index (χ4n) is 1.67. The highest BCUT2D eigenvalue weighted by Gasteiger charge is 2.11. The molecule has 0 saturated carbocycles. The van der Waals surface area contributed by atoms with Crippen LogP contribution in [0.15, 0.2) is 12.3 Å². The zero-order valence-electron chi connectivity index (χ0n) is 11.4. The molecule has 0 aliphatic rings. The number of aromatic nitrogens is 2. The normalized spacial score (nSPS) is 13.2. The molecule has 0 saturated heterocycles. The van der Waals surface area contributed by atoms with Gasteiger partial charge in [0.15, 0.2) is 0 Å². The fraction of sp³-hybridized carbons (Fsp3) is 0.769. The molecule has 0 bridgehead atoms. The van der Waals surface area contributed by atoms with Gasteiger partial charge >= 0.3 is 0 Å². The molecule has 1 atom stereocenters. The van der Waals surface area contributed by atoms with Crippen LogP contribution in [-0.2, 0) is 18.2 Å². The van der Waals surface area contributed by atoms with E-state index in [1.54, 1.807) is 0 Å². The van der Waals surface area contributed by atoms with Crippen molar-refractivity contribution in [2.45, 2.75) is 45.8 Å². The first kappa shape index (κ1) is 14.2. The number of nitrogens with zero attached hydrogens (tertiary/aromatic N) is 2. The van der Waals surface area contributed by atoms with Gasteiger partial charge in [-0.3, -0.25) is 4.68 Å². The summed E-state index contributed by atoms with van der Waals surface area (Å²) in [7, 11) is 1.95. The average molecular weight is 239 g/mol. The van der Waals surface area contributed by atoms with Gasteiger partial charge in [0, 0.05) is 25.7 Å². The molecule has 1 aromatic rings. The molecule has 0 aliphatic heterocycles. The molecule has 1 heterocycles. The van der Waals surface area contributed by atoms with E-state index in [1.165, 1.54) is 0 Å². The van der Waals surface area contributed by atoms with E-state index in [2.05, 4.69) is 37.3 Å². The first-order chi connectivity index (χ1) is 8.11. The van der Waals surface area contributed by atoms with Crippen molar-refractivity contribution in [2.75, 3.05) is 13.2 Å². The van der Waals surface area contributed by atoms with E-state index in [0.29, 0.717) is 6.04 Å². The van der Waals surface area contributed by atoms with Gasteiger partial charge in [-0.2, -0.15) is 5.10 Å². The molecule has 0 aromatic carbocycles. The van der Waals surface area contributed by atoms with Gasteiger partial charge < -0.3 is 10.1 Å². The summed E-state index contributed by atoms with van der Waals surface area (Å²) in [5, 5.41) is 7.92. The molecule has 4 nitrogen and oxygen atoms in total. The van der Waals surface area contributed by atoms with Crippen molar-refractivity contribution >= 4 is 0 Å². The maximum absolute atomic E-state index is 5.68. The lowest BCUT2D eigenvalue weighted by molar-refractivity contribution is 0.0611. The van der Waals surface area contributed by atoms with E-state index in [-0.39, 0.29) is 6.10 Å². The van der Waals surface area contributed by atoms with Crippen molar-refractivity contribution < 1.29 is 4.74 Å². The maximum Gasteiger partial charge on any atom is 0.0640 e. The second-order valence-corrected chi connectivity index (χ2v) is 4.72. The Labute approximate surface area is 104 Å². The summed E-state index contributed by atoms with van der Waals surface area (Å²) in [6.07, 6.45) is 4.33.